The molecule has 0 aromatic carbocycles. The summed E-state index contributed by atoms with van der Waals surface area (Å²) < 4.78 is 32.8. The number of hydrogen-bond acceptors (Lipinski definition) is 5. The molecule has 2 fully saturated rings. The Hall–Kier alpha value is -1.38. The average Bonchev–Trinajstić information content (AvgIpc) is 3.30. The SMILES string of the molecule is CCCN(C(=O)c1cc(S(=O)(=O)N2CCCC2)c(C)o1)C1CCNCC1. The predicted molar refractivity (Wildman–Crippen MR) is 98.7 cm³/mol. The molecule has 2 saturated heterocycles. The van der Waals surface area contributed by atoms with E-state index in [4.69, 9.17) is 4.42 Å². The van der Waals surface area contributed by atoms with Gasteiger partial charge in [-0.15, -0.1) is 0 Å². The lowest BCUT2D eigenvalue weighted by Gasteiger charge is -2.34. The number of aryl methyl sites for hydroxylation is 1. The lowest BCUT2D eigenvalue weighted by Crippen LogP contribution is -2.46. The Kier molecular flexibility index (Phi) is 6.04. The maximum absolute atomic E-state index is 13.1. The van der Waals surface area contributed by atoms with Gasteiger partial charge in [-0.2, -0.15) is 4.31 Å². The van der Waals surface area contributed by atoms with E-state index in [9.17, 15) is 13.2 Å². The number of hydrogen-bond donors (Lipinski definition) is 1. The zero-order chi connectivity index (χ0) is 18.7. The van der Waals surface area contributed by atoms with E-state index in [0.29, 0.717) is 25.4 Å². The quantitative estimate of drug-likeness (QED) is 0.812. The molecule has 3 heterocycles. The summed E-state index contributed by atoms with van der Waals surface area (Å²) >= 11 is 0. The number of amides is 1. The van der Waals surface area contributed by atoms with Crippen LogP contribution in [0.3, 0.4) is 0 Å². The van der Waals surface area contributed by atoms with Crippen molar-refractivity contribution >= 4 is 15.9 Å². The van der Waals surface area contributed by atoms with Crippen molar-refractivity contribution in [3.63, 3.8) is 0 Å². The second kappa shape index (κ2) is 8.10. The minimum atomic E-state index is -3.59. The molecule has 1 aromatic rings. The van der Waals surface area contributed by atoms with E-state index in [0.717, 1.165) is 45.2 Å². The molecule has 0 atom stereocenters. The standard InChI is InChI=1S/C18H29N3O4S/c1-3-10-21(15-6-8-19-9-7-15)18(22)16-13-17(14(2)25-16)26(23,24)20-11-4-5-12-20/h13,15,19H,3-12H2,1-2H3. The number of furan rings is 1. The second-order valence-corrected chi connectivity index (χ2v) is 9.03. The topological polar surface area (TPSA) is 82.9 Å². The summed E-state index contributed by atoms with van der Waals surface area (Å²) in [6, 6.07) is 1.60. The van der Waals surface area contributed by atoms with Crippen molar-refractivity contribution in [1.82, 2.24) is 14.5 Å². The van der Waals surface area contributed by atoms with Crippen molar-refractivity contribution in [3.05, 3.63) is 17.6 Å². The number of nitrogens with zero attached hydrogens (tertiary/aromatic N) is 2. The van der Waals surface area contributed by atoms with Gasteiger partial charge in [-0.05, 0) is 52.1 Å². The molecular formula is C18H29N3O4S. The largest absolute Gasteiger partial charge is 0.455 e. The third-order valence-corrected chi connectivity index (χ3v) is 7.25. The van der Waals surface area contributed by atoms with E-state index in [1.165, 1.54) is 10.4 Å². The fourth-order valence-corrected chi connectivity index (χ4v) is 5.52. The first-order chi connectivity index (χ1) is 12.4. The molecule has 26 heavy (non-hydrogen) atoms. The first-order valence-electron chi connectivity index (χ1n) is 9.57. The number of sulfonamides is 1. The Labute approximate surface area is 155 Å². The number of carbonyl (C=O) groups is 1. The molecule has 8 heteroatoms. The van der Waals surface area contributed by atoms with Gasteiger partial charge in [-0.25, -0.2) is 8.42 Å². The molecule has 2 aliphatic heterocycles. The zero-order valence-electron chi connectivity index (χ0n) is 15.7. The first kappa shape index (κ1) is 19.4. The summed E-state index contributed by atoms with van der Waals surface area (Å²) in [5.41, 5.74) is 0. The maximum atomic E-state index is 13.1. The highest BCUT2D eigenvalue weighted by Gasteiger charge is 2.33. The number of rotatable bonds is 6. The normalized spacial score (nSPS) is 19.8. The van der Waals surface area contributed by atoms with Crippen molar-refractivity contribution in [3.8, 4) is 0 Å². The van der Waals surface area contributed by atoms with Crippen LogP contribution in [-0.2, 0) is 10.0 Å². The highest BCUT2D eigenvalue weighted by molar-refractivity contribution is 7.89. The number of carbonyl (C=O) groups excluding carboxylic acids is 1. The maximum Gasteiger partial charge on any atom is 0.289 e. The summed E-state index contributed by atoms with van der Waals surface area (Å²) in [4.78, 5) is 15.0. The summed E-state index contributed by atoms with van der Waals surface area (Å²) in [6.07, 6.45) is 4.42. The van der Waals surface area contributed by atoms with Gasteiger partial charge in [0.2, 0.25) is 10.0 Å². The average molecular weight is 384 g/mol. The van der Waals surface area contributed by atoms with Gasteiger partial charge in [-0.3, -0.25) is 4.79 Å². The van der Waals surface area contributed by atoms with Crippen LogP contribution in [0.15, 0.2) is 15.4 Å². The molecule has 2 aliphatic rings. The van der Waals surface area contributed by atoms with Gasteiger partial charge >= 0.3 is 0 Å². The molecule has 1 amide bonds. The van der Waals surface area contributed by atoms with Gasteiger partial charge in [0.15, 0.2) is 5.76 Å². The first-order valence-corrected chi connectivity index (χ1v) is 11.0. The van der Waals surface area contributed by atoms with Crippen LogP contribution in [0.2, 0.25) is 0 Å². The highest BCUT2D eigenvalue weighted by atomic mass is 32.2. The Morgan fingerprint density at radius 1 is 1.31 bits per heavy atom. The van der Waals surface area contributed by atoms with Crippen LogP contribution in [0.4, 0.5) is 0 Å². The van der Waals surface area contributed by atoms with E-state index >= 15 is 0 Å². The third-order valence-electron chi connectivity index (χ3n) is 5.24. The van der Waals surface area contributed by atoms with Crippen LogP contribution in [0.5, 0.6) is 0 Å². The van der Waals surface area contributed by atoms with Crippen molar-refractivity contribution in [1.29, 1.82) is 0 Å². The van der Waals surface area contributed by atoms with Gasteiger partial charge in [-0.1, -0.05) is 6.92 Å². The van der Waals surface area contributed by atoms with Crippen LogP contribution in [0.1, 0.15) is 55.3 Å². The molecule has 0 spiro atoms. The molecular weight excluding hydrogens is 354 g/mol. The summed E-state index contributed by atoms with van der Waals surface area (Å²) in [7, 11) is -3.59. The fourth-order valence-electron chi connectivity index (χ4n) is 3.85. The van der Waals surface area contributed by atoms with Crippen molar-refractivity contribution in [2.24, 2.45) is 0 Å². The van der Waals surface area contributed by atoms with Gasteiger partial charge in [0.05, 0.1) is 0 Å². The van der Waals surface area contributed by atoms with E-state index in [1.54, 1.807) is 6.92 Å². The van der Waals surface area contributed by atoms with Gasteiger partial charge in [0.25, 0.3) is 5.91 Å². The fraction of sp³-hybridized carbons (Fsp3) is 0.722. The van der Waals surface area contributed by atoms with Crippen molar-refractivity contribution in [2.75, 3.05) is 32.7 Å². The molecule has 3 rings (SSSR count). The van der Waals surface area contributed by atoms with E-state index in [2.05, 4.69) is 5.32 Å². The zero-order valence-corrected chi connectivity index (χ0v) is 16.5. The number of piperidine rings is 1. The molecule has 1 N–H and O–H groups in total. The van der Waals surface area contributed by atoms with Gasteiger partial charge < -0.3 is 14.6 Å². The second-order valence-electron chi connectivity index (χ2n) is 7.12. The molecule has 0 unspecified atom stereocenters. The molecule has 0 radical (unpaired) electrons. The Morgan fingerprint density at radius 2 is 1.96 bits per heavy atom. The van der Waals surface area contributed by atoms with Gasteiger partial charge in [0.1, 0.15) is 10.7 Å². The highest BCUT2D eigenvalue weighted by Crippen LogP contribution is 2.27. The summed E-state index contributed by atoms with van der Waals surface area (Å²) in [5.74, 6) is 0.221. The number of nitrogens with one attached hydrogen (secondary N) is 1. The third kappa shape index (κ3) is 3.82. The van der Waals surface area contributed by atoms with Crippen LogP contribution in [0.25, 0.3) is 0 Å². The summed E-state index contributed by atoms with van der Waals surface area (Å²) in [5, 5.41) is 3.31. The van der Waals surface area contributed by atoms with Crippen molar-refractivity contribution < 1.29 is 17.6 Å². The molecule has 7 nitrogen and oxygen atoms in total. The molecule has 146 valence electrons. The van der Waals surface area contributed by atoms with Crippen LogP contribution in [-0.4, -0.2) is 62.3 Å². The van der Waals surface area contributed by atoms with Crippen LogP contribution in [0, 0.1) is 6.92 Å². The minimum absolute atomic E-state index is 0.129. The Bertz CT molecular complexity index is 732. The van der Waals surface area contributed by atoms with Crippen molar-refractivity contribution in [2.45, 2.75) is 56.9 Å². The lowest BCUT2D eigenvalue weighted by molar-refractivity contribution is 0.0609. The Morgan fingerprint density at radius 3 is 2.58 bits per heavy atom. The smallest absolute Gasteiger partial charge is 0.289 e. The van der Waals surface area contributed by atoms with E-state index < -0.39 is 10.0 Å². The molecule has 0 saturated carbocycles. The Balaban J connectivity index is 1.85. The molecule has 1 aromatic heterocycles. The minimum Gasteiger partial charge on any atom is -0.455 e. The monoisotopic (exact) mass is 383 g/mol. The van der Waals surface area contributed by atoms with Crippen LogP contribution < -0.4 is 5.32 Å². The van der Waals surface area contributed by atoms with Crippen LogP contribution >= 0.6 is 0 Å². The molecule has 0 aliphatic carbocycles. The predicted octanol–water partition coefficient (Wildman–Crippen LogP) is 1.98. The van der Waals surface area contributed by atoms with E-state index in [1.807, 2.05) is 11.8 Å². The van der Waals surface area contributed by atoms with Gasteiger partial charge in [0, 0.05) is 31.7 Å². The van der Waals surface area contributed by atoms with E-state index in [-0.39, 0.29) is 22.6 Å². The lowest BCUT2D eigenvalue weighted by atomic mass is 10.0. The molecule has 0 bridgehead atoms. The summed E-state index contributed by atoms with van der Waals surface area (Å²) in [6.45, 7) is 7.16.